The molecular weight excluding hydrogens is 434 g/mol. The molecule has 2 aromatic rings. The number of aryl methyl sites for hydroxylation is 3. The van der Waals surface area contributed by atoms with Crippen molar-refractivity contribution >= 4 is 57.3 Å². The monoisotopic (exact) mass is 457 g/mol. The van der Waals surface area contributed by atoms with Gasteiger partial charge in [-0.2, -0.15) is 0 Å². The summed E-state index contributed by atoms with van der Waals surface area (Å²) < 4.78 is 4.80. The van der Waals surface area contributed by atoms with Crippen LogP contribution in [0.15, 0.2) is 47.1 Å². The van der Waals surface area contributed by atoms with E-state index in [4.69, 9.17) is 21.3 Å². The van der Waals surface area contributed by atoms with E-state index >= 15 is 0 Å². The molecule has 0 spiro atoms. The van der Waals surface area contributed by atoms with E-state index in [1.165, 1.54) is 18.9 Å². The van der Waals surface area contributed by atoms with Crippen LogP contribution in [-0.2, 0) is 14.3 Å². The fraction of sp³-hybridized carbons (Fsp3) is 0.261. The van der Waals surface area contributed by atoms with Gasteiger partial charge in [0.1, 0.15) is 0 Å². The normalized spacial score (nSPS) is 12.7. The summed E-state index contributed by atoms with van der Waals surface area (Å²) in [5.41, 5.74) is 5.91. The number of carbonyl (C=O) groups excluding carboxylic acids is 2. The Morgan fingerprint density at radius 3 is 2.65 bits per heavy atom. The van der Waals surface area contributed by atoms with Crippen LogP contribution in [0.4, 0.5) is 17.1 Å². The van der Waals surface area contributed by atoms with E-state index in [0.29, 0.717) is 21.5 Å². The largest absolute Gasteiger partial charge is 0.469 e. The van der Waals surface area contributed by atoms with Gasteiger partial charge in [-0.3, -0.25) is 9.59 Å². The van der Waals surface area contributed by atoms with Gasteiger partial charge in [-0.15, -0.1) is 0 Å². The number of methoxy groups -OCH3 is 1. The number of aliphatic imine (C=N–C) groups is 1. The molecule has 1 aliphatic heterocycles. The smallest absolute Gasteiger partial charge is 0.311 e. The highest BCUT2D eigenvalue weighted by molar-refractivity contribution is 8.14. The minimum absolute atomic E-state index is 0.0769. The highest BCUT2D eigenvalue weighted by atomic mass is 35.5. The van der Waals surface area contributed by atoms with Gasteiger partial charge in [-0.1, -0.05) is 35.5 Å². The quantitative estimate of drug-likeness (QED) is 0.576. The highest BCUT2D eigenvalue weighted by Gasteiger charge is 2.17. The molecule has 2 aromatic carbocycles. The molecule has 31 heavy (non-hydrogen) atoms. The first-order chi connectivity index (χ1) is 14.8. The Kier molecular flexibility index (Phi) is 7.41. The third-order valence-corrected chi connectivity index (χ3v) is 6.23. The first-order valence-electron chi connectivity index (χ1n) is 9.69. The fourth-order valence-corrected chi connectivity index (χ4v) is 3.88. The Morgan fingerprint density at radius 1 is 1.16 bits per heavy atom. The maximum atomic E-state index is 12.5. The number of hydrogen-bond acceptors (Lipinski definition) is 6. The van der Waals surface area contributed by atoms with Crippen molar-refractivity contribution in [3.63, 3.8) is 0 Å². The Morgan fingerprint density at radius 2 is 1.90 bits per heavy atom. The van der Waals surface area contributed by atoms with E-state index in [-0.39, 0.29) is 24.1 Å². The van der Waals surface area contributed by atoms with Gasteiger partial charge < -0.3 is 15.4 Å². The van der Waals surface area contributed by atoms with Gasteiger partial charge in [0.25, 0.3) is 0 Å². The van der Waals surface area contributed by atoms with Crippen LogP contribution in [0.3, 0.4) is 0 Å². The molecule has 0 saturated heterocycles. The summed E-state index contributed by atoms with van der Waals surface area (Å²) in [6, 6.07) is 9.47. The number of nitrogens with one attached hydrogen (secondary N) is 2. The number of ether oxygens (including phenoxy) is 1. The SMILES string of the molecule is COC(=O)CC1=CC(SCC(=O)Nc2cccc(C)c2Cl)=Nc2cc(C)c(C)cc2N1. The van der Waals surface area contributed by atoms with Crippen LogP contribution in [-0.4, -0.2) is 29.8 Å². The molecule has 0 bridgehead atoms. The molecule has 0 atom stereocenters. The number of nitrogens with zero attached hydrogens (tertiary/aromatic N) is 1. The Balaban J connectivity index is 1.80. The Bertz CT molecular complexity index is 1100. The van der Waals surface area contributed by atoms with Crippen molar-refractivity contribution in [2.75, 3.05) is 23.5 Å². The molecule has 1 heterocycles. The van der Waals surface area contributed by atoms with E-state index in [2.05, 4.69) is 10.6 Å². The van der Waals surface area contributed by atoms with Crippen LogP contribution in [0.1, 0.15) is 23.1 Å². The van der Waals surface area contributed by atoms with Gasteiger partial charge in [-0.05, 0) is 61.7 Å². The predicted octanol–water partition coefficient (Wildman–Crippen LogP) is 5.54. The van der Waals surface area contributed by atoms with Gasteiger partial charge in [0.05, 0.1) is 46.4 Å². The Labute approximate surface area is 191 Å². The highest BCUT2D eigenvalue weighted by Crippen LogP contribution is 2.34. The molecule has 1 aliphatic rings. The number of fused-ring (bicyclic) bond motifs is 1. The first kappa shape index (κ1) is 22.9. The van der Waals surface area contributed by atoms with Crippen molar-refractivity contribution in [1.82, 2.24) is 0 Å². The summed E-state index contributed by atoms with van der Waals surface area (Å²) >= 11 is 7.55. The molecule has 2 N–H and O–H groups in total. The average Bonchev–Trinajstić information content (AvgIpc) is 2.88. The van der Waals surface area contributed by atoms with Crippen LogP contribution in [0, 0.1) is 20.8 Å². The van der Waals surface area contributed by atoms with Gasteiger partial charge in [0.2, 0.25) is 5.91 Å². The van der Waals surface area contributed by atoms with Crippen LogP contribution in [0.2, 0.25) is 5.02 Å². The zero-order valence-corrected chi connectivity index (χ0v) is 19.4. The molecule has 8 heteroatoms. The topological polar surface area (TPSA) is 79.8 Å². The van der Waals surface area contributed by atoms with Crippen LogP contribution >= 0.6 is 23.4 Å². The number of anilines is 2. The van der Waals surface area contributed by atoms with Crippen molar-refractivity contribution in [3.05, 3.63) is 63.8 Å². The second kappa shape index (κ2) is 10.0. The van der Waals surface area contributed by atoms with Crippen molar-refractivity contribution in [1.29, 1.82) is 0 Å². The summed E-state index contributed by atoms with van der Waals surface area (Å²) in [5.74, 6) is -0.409. The zero-order valence-electron chi connectivity index (χ0n) is 17.8. The zero-order chi connectivity index (χ0) is 22.5. The molecule has 0 unspecified atom stereocenters. The molecular formula is C23H24ClN3O3S. The van der Waals surface area contributed by atoms with Crippen molar-refractivity contribution in [2.45, 2.75) is 27.2 Å². The van der Waals surface area contributed by atoms with Crippen molar-refractivity contribution in [3.8, 4) is 0 Å². The summed E-state index contributed by atoms with van der Waals surface area (Å²) in [5, 5.41) is 7.26. The number of amides is 1. The van der Waals surface area contributed by atoms with Gasteiger partial charge in [0.15, 0.2) is 0 Å². The van der Waals surface area contributed by atoms with Gasteiger partial charge in [0, 0.05) is 5.70 Å². The molecule has 0 aromatic heterocycles. The van der Waals surface area contributed by atoms with Crippen molar-refractivity contribution in [2.24, 2.45) is 4.99 Å². The summed E-state index contributed by atoms with van der Waals surface area (Å²) in [6.07, 6.45) is 1.85. The third kappa shape index (κ3) is 5.89. The molecule has 0 fully saturated rings. The molecule has 3 rings (SSSR count). The predicted molar refractivity (Wildman–Crippen MR) is 129 cm³/mol. The van der Waals surface area contributed by atoms with E-state index in [9.17, 15) is 9.59 Å². The van der Waals surface area contributed by atoms with Crippen LogP contribution < -0.4 is 10.6 Å². The minimum atomic E-state index is -0.359. The lowest BCUT2D eigenvalue weighted by Crippen LogP contribution is -2.15. The fourth-order valence-electron chi connectivity index (χ4n) is 2.97. The standard InChI is InChI=1S/C23H24ClN3O3S/c1-13-6-5-7-17(23(13)24)26-20(28)12-31-21-10-16(11-22(29)30-4)25-18-8-14(2)15(3)9-19(18)27-21/h5-10,25H,11-12H2,1-4H3,(H,26,28). The maximum absolute atomic E-state index is 12.5. The third-order valence-electron chi connectivity index (χ3n) is 4.82. The van der Waals surface area contributed by atoms with E-state index in [1.807, 2.05) is 45.0 Å². The number of thioether (sulfide) groups is 1. The van der Waals surface area contributed by atoms with E-state index in [0.717, 1.165) is 28.1 Å². The Hall–Kier alpha value is -2.77. The summed E-state index contributed by atoms with van der Waals surface area (Å²) in [6.45, 7) is 5.92. The summed E-state index contributed by atoms with van der Waals surface area (Å²) in [7, 11) is 1.35. The number of hydrogen-bond donors (Lipinski definition) is 2. The average molecular weight is 458 g/mol. The number of halogens is 1. The van der Waals surface area contributed by atoms with Crippen LogP contribution in [0.25, 0.3) is 0 Å². The molecule has 0 aliphatic carbocycles. The summed E-state index contributed by atoms with van der Waals surface area (Å²) in [4.78, 5) is 29.1. The molecule has 0 saturated carbocycles. The van der Waals surface area contributed by atoms with Crippen molar-refractivity contribution < 1.29 is 14.3 Å². The van der Waals surface area contributed by atoms with Gasteiger partial charge in [-0.25, -0.2) is 4.99 Å². The number of carbonyl (C=O) groups is 2. The number of rotatable bonds is 5. The number of esters is 1. The number of benzene rings is 2. The van der Waals surface area contributed by atoms with Crippen LogP contribution in [0.5, 0.6) is 0 Å². The first-order valence-corrected chi connectivity index (χ1v) is 11.0. The second-order valence-corrected chi connectivity index (χ2v) is 8.60. The maximum Gasteiger partial charge on any atom is 0.311 e. The van der Waals surface area contributed by atoms with Gasteiger partial charge >= 0.3 is 5.97 Å². The lowest BCUT2D eigenvalue weighted by Gasteiger charge is -2.12. The molecule has 1 amide bonds. The second-order valence-electron chi connectivity index (χ2n) is 7.22. The molecule has 6 nitrogen and oxygen atoms in total. The minimum Gasteiger partial charge on any atom is -0.469 e. The lowest BCUT2D eigenvalue weighted by atomic mass is 10.1. The molecule has 0 radical (unpaired) electrons. The van der Waals surface area contributed by atoms with E-state index in [1.54, 1.807) is 12.1 Å². The molecule has 162 valence electrons. The lowest BCUT2D eigenvalue weighted by molar-refractivity contribution is -0.139. The van der Waals surface area contributed by atoms with E-state index < -0.39 is 0 Å².